The van der Waals surface area contributed by atoms with Crippen molar-refractivity contribution in [2.75, 3.05) is 0 Å². The van der Waals surface area contributed by atoms with Crippen LogP contribution in [0.25, 0.3) is 0 Å². The lowest BCUT2D eigenvalue weighted by molar-refractivity contribution is -0.115. The molecule has 1 aromatic carbocycles. The molecule has 1 amide bonds. The zero-order valence-electron chi connectivity index (χ0n) is 11.2. The first kappa shape index (κ1) is 13.9. The molecule has 1 aromatic rings. The molecule has 1 heterocycles. The Labute approximate surface area is 118 Å². The third-order valence-electron chi connectivity index (χ3n) is 3.27. The number of hydrogen-bond acceptors (Lipinski definition) is 3. The monoisotopic (exact) mass is 267 g/mol. The van der Waals surface area contributed by atoms with Crippen molar-refractivity contribution < 1.29 is 4.79 Å². The summed E-state index contributed by atoms with van der Waals surface area (Å²) in [6, 6.07) is 12.1. The van der Waals surface area contributed by atoms with E-state index in [0.29, 0.717) is 25.0 Å². The summed E-state index contributed by atoms with van der Waals surface area (Å²) in [4.78, 5) is 13.5. The number of nitrogens with two attached hydrogens (primary N) is 1. The topological polar surface area (TPSA) is 70.1 Å². The molecule has 1 aliphatic rings. The van der Waals surface area contributed by atoms with Crippen LogP contribution in [0.4, 0.5) is 0 Å². The fraction of sp³-hybridized carbons (Fsp3) is 0.250. The predicted molar refractivity (Wildman–Crippen MR) is 76.7 cm³/mol. The van der Waals surface area contributed by atoms with Gasteiger partial charge in [0.15, 0.2) is 0 Å². The number of hydrogen-bond donors (Lipinski definition) is 1. The van der Waals surface area contributed by atoms with Gasteiger partial charge < -0.3 is 10.6 Å². The molecule has 0 spiro atoms. The van der Waals surface area contributed by atoms with Crippen LogP contribution in [0.15, 0.2) is 54.4 Å². The average molecular weight is 267 g/mol. The molecule has 4 nitrogen and oxygen atoms in total. The van der Waals surface area contributed by atoms with Crippen molar-refractivity contribution in [3.8, 4) is 6.07 Å². The lowest BCUT2D eigenvalue weighted by Gasteiger charge is -2.25. The van der Waals surface area contributed by atoms with Crippen LogP contribution >= 0.6 is 0 Å². The highest BCUT2D eigenvalue weighted by Crippen LogP contribution is 2.24. The Morgan fingerprint density at radius 2 is 2.10 bits per heavy atom. The number of carbonyl (C=O) groups is 1. The van der Waals surface area contributed by atoms with Crippen molar-refractivity contribution in [1.82, 2.24) is 4.90 Å². The van der Waals surface area contributed by atoms with E-state index in [1.54, 1.807) is 6.20 Å². The van der Waals surface area contributed by atoms with Gasteiger partial charge in [0, 0.05) is 36.9 Å². The maximum Gasteiger partial charge on any atom is 0.246 e. The van der Waals surface area contributed by atoms with Crippen LogP contribution in [-0.4, -0.2) is 10.8 Å². The van der Waals surface area contributed by atoms with Crippen molar-refractivity contribution >= 4 is 5.91 Å². The van der Waals surface area contributed by atoms with Crippen molar-refractivity contribution in [1.29, 1.82) is 5.26 Å². The molecule has 0 radical (unpaired) electrons. The van der Waals surface area contributed by atoms with Crippen LogP contribution < -0.4 is 5.73 Å². The van der Waals surface area contributed by atoms with Crippen LogP contribution in [0.2, 0.25) is 0 Å². The molecule has 0 saturated carbocycles. The van der Waals surface area contributed by atoms with E-state index in [4.69, 9.17) is 11.0 Å². The number of primary amides is 1. The van der Waals surface area contributed by atoms with E-state index in [2.05, 4.69) is 6.07 Å². The van der Waals surface area contributed by atoms with Crippen molar-refractivity contribution in [2.24, 2.45) is 11.7 Å². The second kappa shape index (κ2) is 6.58. The zero-order chi connectivity index (χ0) is 14.4. The summed E-state index contributed by atoms with van der Waals surface area (Å²) in [5, 5.41) is 8.65. The minimum absolute atomic E-state index is 0.0563. The van der Waals surface area contributed by atoms with Gasteiger partial charge in [0.2, 0.25) is 5.91 Å². The van der Waals surface area contributed by atoms with Crippen LogP contribution in [0.5, 0.6) is 0 Å². The Morgan fingerprint density at radius 1 is 1.35 bits per heavy atom. The van der Waals surface area contributed by atoms with Crippen LogP contribution in [0.3, 0.4) is 0 Å². The van der Waals surface area contributed by atoms with Gasteiger partial charge in [-0.05, 0) is 12.0 Å². The molecule has 0 fully saturated rings. The second-order valence-electron chi connectivity index (χ2n) is 4.75. The number of amides is 1. The number of benzene rings is 1. The smallest absolute Gasteiger partial charge is 0.246 e. The van der Waals surface area contributed by atoms with Gasteiger partial charge in [0.25, 0.3) is 0 Å². The Kier molecular flexibility index (Phi) is 4.56. The van der Waals surface area contributed by atoms with Gasteiger partial charge in [-0.2, -0.15) is 5.26 Å². The van der Waals surface area contributed by atoms with Gasteiger partial charge >= 0.3 is 0 Å². The maximum absolute atomic E-state index is 11.5. The zero-order valence-corrected chi connectivity index (χ0v) is 11.2. The molecule has 2 rings (SSSR count). The minimum Gasteiger partial charge on any atom is -0.366 e. The molecule has 0 aliphatic carbocycles. The second-order valence-corrected chi connectivity index (χ2v) is 4.75. The molecule has 0 aromatic heterocycles. The van der Waals surface area contributed by atoms with E-state index < -0.39 is 5.91 Å². The first-order valence-corrected chi connectivity index (χ1v) is 6.57. The number of nitrogens with zero attached hydrogens (tertiary/aromatic N) is 2. The largest absolute Gasteiger partial charge is 0.366 e. The highest BCUT2D eigenvalue weighted by atomic mass is 16.1. The first-order valence-electron chi connectivity index (χ1n) is 6.57. The molecular formula is C16H17N3O. The maximum atomic E-state index is 11.5. The molecular weight excluding hydrogens is 250 g/mol. The fourth-order valence-corrected chi connectivity index (χ4v) is 2.25. The number of rotatable bonds is 5. The Morgan fingerprint density at radius 3 is 2.75 bits per heavy atom. The van der Waals surface area contributed by atoms with E-state index in [1.165, 1.54) is 0 Å². The number of carbonyl (C=O) groups excluding carboxylic acids is 1. The third-order valence-corrected chi connectivity index (χ3v) is 3.27. The molecule has 1 aliphatic heterocycles. The molecule has 2 N–H and O–H groups in total. The lowest BCUT2D eigenvalue weighted by Crippen LogP contribution is -2.26. The summed E-state index contributed by atoms with van der Waals surface area (Å²) in [5.41, 5.74) is 7.16. The molecule has 102 valence electrons. The van der Waals surface area contributed by atoms with E-state index in [9.17, 15) is 4.79 Å². The summed E-state index contributed by atoms with van der Waals surface area (Å²) in [6.45, 7) is 0.694. The fourth-order valence-electron chi connectivity index (χ4n) is 2.25. The van der Waals surface area contributed by atoms with Crippen molar-refractivity contribution in [3.63, 3.8) is 0 Å². The van der Waals surface area contributed by atoms with E-state index in [0.717, 1.165) is 5.56 Å². The molecule has 1 unspecified atom stereocenters. The molecule has 20 heavy (non-hydrogen) atoms. The highest BCUT2D eigenvalue weighted by molar-refractivity contribution is 5.92. The summed E-state index contributed by atoms with van der Waals surface area (Å²) in [6.07, 6.45) is 6.72. The first-order chi connectivity index (χ1) is 9.70. The van der Waals surface area contributed by atoms with Crippen LogP contribution in [-0.2, 0) is 11.3 Å². The lowest BCUT2D eigenvalue weighted by atomic mass is 9.92. The molecule has 0 saturated heterocycles. The Hall–Kier alpha value is -2.54. The minimum atomic E-state index is -0.421. The molecule has 0 bridgehead atoms. The van der Waals surface area contributed by atoms with Gasteiger partial charge in [-0.25, -0.2) is 0 Å². The number of nitriles is 1. The standard InChI is InChI=1S/C16H17N3O/c17-9-4-7-14-8-10-19(12-15(14)16(18)20)11-13-5-2-1-3-6-13/h1-3,5-6,8,10,12,14H,4,7,11H2,(H2,18,20). The van der Waals surface area contributed by atoms with E-state index in [-0.39, 0.29) is 5.92 Å². The SMILES string of the molecule is N#CCCC1C=CN(Cc2ccccc2)C=C1C(N)=O. The van der Waals surface area contributed by atoms with Crippen molar-refractivity contribution in [3.05, 3.63) is 59.9 Å². The highest BCUT2D eigenvalue weighted by Gasteiger charge is 2.20. The molecule has 1 atom stereocenters. The molecule has 4 heteroatoms. The number of allylic oxidation sites excluding steroid dienone is 1. The predicted octanol–water partition coefficient (Wildman–Crippen LogP) is 2.31. The van der Waals surface area contributed by atoms with Gasteiger partial charge in [0.05, 0.1) is 6.07 Å². The normalized spacial score (nSPS) is 17.4. The van der Waals surface area contributed by atoms with E-state index >= 15 is 0 Å². The quantitative estimate of drug-likeness (QED) is 0.890. The summed E-state index contributed by atoms with van der Waals surface area (Å²) >= 11 is 0. The average Bonchev–Trinajstić information content (AvgIpc) is 2.47. The summed E-state index contributed by atoms with van der Waals surface area (Å²) in [7, 11) is 0. The van der Waals surface area contributed by atoms with Crippen LogP contribution in [0.1, 0.15) is 18.4 Å². The summed E-state index contributed by atoms with van der Waals surface area (Å²) < 4.78 is 0. The van der Waals surface area contributed by atoms with Gasteiger partial charge in [-0.1, -0.05) is 36.4 Å². The van der Waals surface area contributed by atoms with Gasteiger partial charge in [-0.15, -0.1) is 0 Å². The van der Waals surface area contributed by atoms with Crippen LogP contribution in [0, 0.1) is 17.2 Å². The Bertz CT molecular complexity index is 569. The summed E-state index contributed by atoms with van der Waals surface area (Å²) in [5.74, 6) is -0.477. The van der Waals surface area contributed by atoms with Gasteiger partial charge in [0.1, 0.15) is 0 Å². The van der Waals surface area contributed by atoms with E-state index in [1.807, 2.05) is 47.5 Å². The van der Waals surface area contributed by atoms with Gasteiger partial charge in [-0.3, -0.25) is 4.79 Å². The van der Waals surface area contributed by atoms with Crippen molar-refractivity contribution in [2.45, 2.75) is 19.4 Å². The third kappa shape index (κ3) is 3.48. The Balaban J connectivity index is 2.10.